The number of carbonyl (C=O) groups excluding carboxylic acids is 1. The maximum absolute atomic E-state index is 11.9. The average molecular weight is 296 g/mol. The summed E-state index contributed by atoms with van der Waals surface area (Å²) in [5.41, 5.74) is 3.99. The molecule has 1 N–H and O–H groups in total. The Morgan fingerprint density at radius 2 is 1.86 bits per heavy atom. The number of unbranched alkanes of at least 4 members (excludes halogenated alkanes) is 1. The van der Waals surface area contributed by atoms with E-state index in [4.69, 9.17) is 4.74 Å². The van der Waals surface area contributed by atoms with Crippen molar-refractivity contribution in [3.05, 3.63) is 65.7 Å². The summed E-state index contributed by atoms with van der Waals surface area (Å²) in [6, 6.07) is 16.7. The van der Waals surface area contributed by atoms with Gasteiger partial charge in [-0.05, 0) is 36.2 Å². The van der Waals surface area contributed by atoms with E-state index < -0.39 is 0 Å². The van der Waals surface area contributed by atoms with Gasteiger partial charge in [-0.15, -0.1) is 0 Å². The van der Waals surface area contributed by atoms with Crippen LogP contribution in [-0.2, 0) is 0 Å². The summed E-state index contributed by atoms with van der Waals surface area (Å²) in [5.74, 6) is 0.532. The zero-order valence-corrected chi connectivity index (χ0v) is 12.7. The van der Waals surface area contributed by atoms with Crippen LogP contribution < -0.4 is 10.2 Å². The molecule has 114 valence electrons. The second-order valence-electron chi connectivity index (χ2n) is 4.84. The van der Waals surface area contributed by atoms with Gasteiger partial charge in [0.2, 0.25) is 0 Å². The second kappa shape index (κ2) is 8.62. The number of nitrogens with one attached hydrogen (secondary N) is 1. The zero-order chi connectivity index (χ0) is 15.6. The first kappa shape index (κ1) is 15.8. The molecule has 0 heterocycles. The van der Waals surface area contributed by atoms with Gasteiger partial charge in [-0.3, -0.25) is 4.79 Å². The van der Waals surface area contributed by atoms with Gasteiger partial charge in [0.05, 0.1) is 12.8 Å². The van der Waals surface area contributed by atoms with Crippen molar-refractivity contribution < 1.29 is 9.53 Å². The normalized spacial score (nSPS) is 10.6. The molecule has 0 fully saturated rings. The van der Waals surface area contributed by atoms with Crippen molar-refractivity contribution in [3.8, 4) is 5.75 Å². The van der Waals surface area contributed by atoms with Crippen LogP contribution in [0.3, 0.4) is 0 Å². The van der Waals surface area contributed by atoms with Gasteiger partial charge in [0, 0.05) is 5.56 Å². The number of ether oxygens (including phenoxy) is 1. The lowest BCUT2D eigenvalue weighted by Gasteiger charge is -2.05. The number of hydrogen-bond donors (Lipinski definition) is 1. The highest BCUT2D eigenvalue weighted by Crippen LogP contribution is 2.12. The highest BCUT2D eigenvalue weighted by Gasteiger charge is 2.04. The molecule has 0 aromatic heterocycles. The number of benzene rings is 2. The summed E-state index contributed by atoms with van der Waals surface area (Å²) in [5, 5.41) is 3.95. The number of hydrogen-bond acceptors (Lipinski definition) is 3. The van der Waals surface area contributed by atoms with Gasteiger partial charge < -0.3 is 4.74 Å². The first-order valence-corrected chi connectivity index (χ1v) is 7.41. The molecule has 0 aliphatic heterocycles. The van der Waals surface area contributed by atoms with E-state index in [1.165, 1.54) is 0 Å². The van der Waals surface area contributed by atoms with Crippen LogP contribution >= 0.6 is 0 Å². The minimum absolute atomic E-state index is 0.243. The Bertz CT molecular complexity index is 607. The molecule has 0 spiro atoms. The Labute approximate surface area is 130 Å². The molecule has 0 unspecified atom stereocenters. The molecule has 0 saturated carbocycles. The van der Waals surface area contributed by atoms with E-state index in [1.807, 2.05) is 30.3 Å². The average Bonchev–Trinajstić information content (AvgIpc) is 2.56. The molecule has 0 aliphatic rings. The molecule has 2 aromatic rings. The summed E-state index contributed by atoms with van der Waals surface area (Å²) in [6.07, 6.45) is 3.73. The topological polar surface area (TPSA) is 50.7 Å². The lowest BCUT2D eigenvalue weighted by molar-refractivity contribution is 0.0955. The molecule has 0 radical (unpaired) electrons. The van der Waals surface area contributed by atoms with Crippen molar-refractivity contribution in [3.63, 3.8) is 0 Å². The first-order chi connectivity index (χ1) is 10.8. The van der Waals surface area contributed by atoms with E-state index in [0.29, 0.717) is 12.2 Å². The van der Waals surface area contributed by atoms with Gasteiger partial charge >= 0.3 is 0 Å². The second-order valence-corrected chi connectivity index (χ2v) is 4.84. The largest absolute Gasteiger partial charge is 0.494 e. The van der Waals surface area contributed by atoms with Gasteiger partial charge in [0.25, 0.3) is 5.91 Å². The molecule has 2 aromatic carbocycles. The standard InChI is InChI=1S/C18H20N2O2/c1-2-3-13-22-17-11-9-16(10-12-17)18(21)20-19-14-15-7-5-4-6-8-15/h4-12,14H,2-3,13H2,1H3,(H,20,21)/b19-14+. The van der Waals surface area contributed by atoms with Crippen LogP contribution in [0.15, 0.2) is 59.7 Å². The fraction of sp³-hybridized carbons (Fsp3) is 0.222. The van der Waals surface area contributed by atoms with Crippen LogP contribution in [0.5, 0.6) is 5.75 Å². The minimum Gasteiger partial charge on any atom is -0.494 e. The highest BCUT2D eigenvalue weighted by molar-refractivity contribution is 5.94. The first-order valence-electron chi connectivity index (χ1n) is 7.41. The molecule has 0 bridgehead atoms. The predicted molar refractivity (Wildman–Crippen MR) is 88.3 cm³/mol. The maximum Gasteiger partial charge on any atom is 0.271 e. The van der Waals surface area contributed by atoms with Crippen LogP contribution in [0.4, 0.5) is 0 Å². The van der Waals surface area contributed by atoms with Crippen molar-refractivity contribution in [2.45, 2.75) is 19.8 Å². The summed E-state index contributed by atoms with van der Waals surface area (Å²) < 4.78 is 5.56. The fourth-order valence-electron chi connectivity index (χ4n) is 1.81. The predicted octanol–water partition coefficient (Wildman–Crippen LogP) is 3.63. The number of nitrogens with zero attached hydrogens (tertiary/aromatic N) is 1. The van der Waals surface area contributed by atoms with Crippen molar-refractivity contribution in [2.75, 3.05) is 6.61 Å². The molecule has 22 heavy (non-hydrogen) atoms. The number of carbonyl (C=O) groups is 1. The van der Waals surface area contributed by atoms with Crippen molar-refractivity contribution in [1.29, 1.82) is 0 Å². The van der Waals surface area contributed by atoms with Gasteiger partial charge in [-0.2, -0.15) is 5.10 Å². The Balaban J connectivity index is 1.86. The Kier molecular flexibility index (Phi) is 6.18. The molecule has 4 heteroatoms. The highest BCUT2D eigenvalue weighted by atomic mass is 16.5. The third-order valence-corrected chi connectivity index (χ3v) is 3.06. The van der Waals surface area contributed by atoms with Crippen molar-refractivity contribution in [2.24, 2.45) is 5.10 Å². The SMILES string of the molecule is CCCCOc1ccc(C(=O)N/N=C/c2ccccc2)cc1. The third kappa shape index (κ3) is 5.05. The van der Waals surface area contributed by atoms with Crippen molar-refractivity contribution >= 4 is 12.1 Å². The molecular formula is C18H20N2O2. The Hall–Kier alpha value is -2.62. The van der Waals surface area contributed by atoms with Crippen LogP contribution in [0, 0.1) is 0 Å². The smallest absolute Gasteiger partial charge is 0.271 e. The molecular weight excluding hydrogens is 276 g/mol. The fourth-order valence-corrected chi connectivity index (χ4v) is 1.81. The van der Waals surface area contributed by atoms with Crippen LogP contribution in [0.2, 0.25) is 0 Å². The van der Waals surface area contributed by atoms with Crippen LogP contribution in [0.1, 0.15) is 35.7 Å². The van der Waals surface area contributed by atoms with Gasteiger partial charge in [0.15, 0.2) is 0 Å². The van der Waals surface area contributed by atoms with Crippen LogP contribution in [0.25, 0.3) is 0 Å². The lowest BCUT2D eigenvalue weighted by Crippen LogP contribution is -2.17. The van der Waals surface area contributed by atoms with Gasteiger partial charge in [-0.1, -0.05) is 43.7 Å². The minimum atomic E-state index is -0.243. The Morgan fingerprint density at radius 3 is 2.55 bits per heavy atom. The number of hydrazone groups is 1. The molecule has 1 amide bonds. The monoisotopic (exact) mass is 296 g/mol. The van der Waals surface area contributed by atoms with Crippen LogP contribution in [-0.4, -0.2) is 18.7 Å². The lowest BCUT2D eigenvalue weighted by atomic mass is 10.2. The number of rotatable bonds is 7. The van der Waals surface area contributed by atoms with E-state index in [1.54, 1.807) is 30.5 Å². The summed E-state index contributed by atoms with van der Waals surface area (Å²) >= 11 is 0. The molecule has 0 aliphatic carbocycles. The quantitative estimate of drug-likeness (QED) is 0.482. The molecule has 2 rings (SSSR count). The van der Waals surface area contributed by atoms with E-state index in [2.05, 4.69) is 17.5 Å². The maximum atomic E-state index is 11.9. The van der Waals surface area contributed by atoms with E-state index >= 15 is 0 Å². The third-order valence-electron chi connectivity index (χ3n) is 3.06. The van der Waals surface area contributed by atoms with Crippen molar-refractivity contribution in [1.82, 2.24) is 5.43 Å². The number of amides is 1. The zero-order valence-electron chi connectivity index (χ0n) is 12.7. The van der Waals surface area contributed by atoms with Gasteiger partial charge in [0.1, 0.15) is 5.75 Å². The van der Waals surface area contributed by atoms with E-state index in [0.717, 1.165) is 24.2 Å². The van der Waals surface area contributed by atoms with Gasteiger partial charge in [-0.25, -0.2) is 5.43 Å². The molecule has 0 saturated heterocycles. The molecule has 4 nitrogen and oxygen atoms in total. The summed E-state index contributed by atoms with van der Waals surface area (Å²) in [4.78, 5) is 11.9. The van der Waals surface area contributed by atoms with E-state index in [9.17, 15) is 4.79 Å². The Morgan fingerprint density at radius 1 is 1.14 bits per heavy atom. The molecule has 0 atom stereocenters. The van der Waals surface area contributed by atoms with E-state index in [-0.39, 0.29) is 5.91 Å². The summed E-state index contributed by atoms with van der Waals surface area (Å²) in [6.45, 7) is 2.82. The summed E-state index contributed by atoms with van der Waals surface area (Å²) in [7, 11) is 0.